The standard InChI is InChI=1S/C29H33ClFN3O4/c1-4-24(19-5-7-20(8-6-19)27(37)32-12-11-25(35)36)34-28(38)26(21-9-10-23(31)22(30)14-21)33-29(34)15-17(2)13-18(3)16-29/h5-10,14,17-18,24H,4,11-13,15-16H2,1-3H3,(H,32,37)(H,35,36)/t17?,18?,24-,29?/m1/s1. The van der Waals surface area contributed by atoms with E-state index < -0.39 is 17.4 Å². The van der Waals surface area contributed by atoms with E-state index in [4.69, 9.17) is 21.7 Å². The number of carboxylic acids is 1. The number of aliphatic carboxylic acids is 1. The molecule has 2 amide bonds. The zero-order chi connectivity index (χ0) is 27.6. The molecular weight excluding hydrogens is 509 g/mol. The molecule has 2 aromatic carbocycles. The van der Waals surface area contributed by atoms with Gasteiger partial charge in [-0.15, -0.1) is 0 Å². The lowest BCUT2D eigenvalue weighted by Crippen LogP contribution is -2.52. The van der Waals surface area contributed by atoms with Gasteiger partial charge in [0.2, 0.25) is 0 Å². The van der Waals surface area contributed by atoms with E-state index in [1.165, 1.54) is 12.1 Å². The summed E-state index contributed by atoms with van der Waals surface area (Å²) in [6.07, 6.45) is 2.98. The van der Waals surface area contributed by atoms with Crippen molar-refractivity contribution in [1.82, 2.24) is 10.2 Å². The molecule has 9 heteroatoms. The van der Waals surface area contributed by atoms with Gasteiger partial charge in [0.15, 0.2) is 0 Å². The first-order valence-corrected chi connectivity index (χ1v) is 13.4. The average Bonchev–Trinajstić information content (AvgIpc) is 3.11. The summed E-state index contributed by atoms with van der Waals surface area (Å²) in [5, 5.41) is 11.3. The Kier molecular flexibility index (Phi) is 8.21. The van der Waals surface area contributed by atoms with E-state index in [0.29, 0.717) is 35.1 Å². The van der Waals surface area contributed by atoms with Gasteiger partial charge in [0.05, 0.1) is 17.5 Å². The fraction of sp³-hybridized carbons (Fsp3) is 0.448. The summed E-state index contributed by atoms with van der Waals surface area (Å²) in [6.45, 7) is 6.42. The summed E-state index contributed by atoms with van der Waals surface area (Å²) in [6, 6.07) is 11.0. The van der Waals surface area contributed by atoms with E-state index in [1.54, 1.807) is 18.2 Å². The fourth-order valence-corrected chi connectivity index (χ4v) is 6.21. The molecule has 202 valence electrons. The summed E-state index contributed by atoms with van der Waals surface area (Å²) in [4.78, 5) is 44.2. The van der Waals surface area contributed by atoms with E-state index in [2.05, 4.69) is 19.2 Å². The van der Waals surface area contributed by atoms with Gasteiger partial charge in [-0.1, -0.05) is 44.5 Å². The van der Waals surface area contributed by atoms with Crippen LogP contribution in [-0.2, 0) is 9.59 Å². The van der Waals surface area contributed by atoms with Crippen molar-refractivity contribution in [1.29, 1.82) is 0 Å². The summed E-state index contributed by atoms with van der Waals surface area (Å²) in [5.74, 6) is -1.37. The molecule has 2 N–H and O–H groups in total. The topological polar surface area (TPSA) is 99.1 Å². The van der Waals surface area contributed by atoms with Gasteiger partial charge in [0.1, 0.15) is 17.2 Å². The number of hydrogen-bond acceptors (Lipinski definition) is 4. The lowest BCUT2D eigenvalue weighted by molar-refractivity contribution is -0.137. The van der Waals surface area contributed by atoms with Crippen LogP contribution < -0.4 is 5.32 Å². The second-order valence-corrected chi connectivity index (χ2v) is 11.0. The number of carbonyl (C=O) groups is 3. The maximum atomic E-state index is 14.1. The van der Waals surface area contributed by atoms with Crippen molar-refractivity contribution in [2.45, 2.75) is 64.6 Å². The van der Waals surface area contributed by atoms with Gasteiger partial charge in [-0.2, -0.15) is 0 Å². The second-order valence-electron chi connectivity index (χ2n) is 10.5. The van der Waals surface area contributed by atoms with Crippen LogP contribution >= 0.6 is 11.6 Å². The maximum Gasteiger partial charge on any atom is 0.305 e. The Bertz CT molecular complexity index is 1250. The Balaban J connectivity index is 1.68. The van der Waals surface area contributed by atoms with Crippen molar-refractivity contribution in [3.05, 3.63) is 70.0 Å². The monoisotopic (exact) mass is 541 g/mol. The highest BCUT2D eigenvalue weighted by Crippen LogP contribution is 2.48. The van der Waals surface area contributed by atoms with Gasteiger partial charge in [-0.25, -0.2) is 4.39 Å². The first-order valence-electron chi connectivity index (χ1n) is 13.0. The second kappa shape index (κ2) is 11.2. The first-order chi connectivity index (χ1) is 18.0. The first kappa shape index (κ1) is 27.8. The molecule has 0 aromatic heterocycles. The molecule has 2 aromatic rings. The van der Waals surface area contributed by atoms with Crippen LogP contribution in [-0.4, -0.2) is 45.7 Å². The van der Waals surface area contributed by atoms with E-state index in [-0.39, 0.29) is 35.8 Å². The molecule has 0 saturated heterocycles. The van der Waals surface area contributed by atoms with Crippen LogP contribution in [0, 0.1) is 17.7 Å². The number of nitrogens with one attached hydrogen (secondary N) is 1. The van der Waals surface area contributed by atoms with Crippen molar-refractivity contribution in [3.8, 4) is 0 Å². The van der Waals surface area contributed by atoms with Crippen LogP contribution in [0.3, 0.4) is 0 Å². The molecule has 2 unspecified atom stereocenters. The minimum absolute atomic E-state index is 0.0438. The Morgan fingerprint density at radius 1 is 1.18 bits per heavy atom. The quantitative estimate of drug-likeness (QED) is 0.453. The number of amides is 2. The molecule has 3 atom stereocenters. The number of rotatable bonds is 8. The molecule has 1 aliphatic heterocycles. The van der Waals surface area contributed by atoms with Gasteiger partial charge in [0.25, 0.3) is 11.8 Å². The van der Waals surface area contributed by atoms with Gasteiger partial charge >= 0.3 is 5.97 Å². The van der Waals surface area contributed by atoms with Gasteiger partial charge in [-0.3, -0.25) is 19.4 Å². The molecule has 1 saturated carbocycles. The van der Waals surface area contributed by atoms with Crippen LogP contribution in [0.25, 0.3) is 0 Å². The maximum absolute atomic E-state index is 14.1. The molecule has 0 radical (unpaired) electrons. The zero-order valence-corrected chi connectivity index (χ0v) is 22.6. The van der Waals surface area contributed by atoms with E-state index in [1.807, 2.05) is 24.0 Å². The smallest absolute Gasteiger partial charge is 0.305 e. The molecule has 1 spiro atoms. The van der Waals surface area contributed by atoms with Crippen molar-refractivity contribution >= 4 is 35.1 Å². The third-order valence-corrected chi connectivity index (χ3v) is 7.71. The molecule has 1 fully saturated rings. The Morgan fingerprint density at radius 3 is 2.42 bits per heavy atom. The molecule has 7 nitrogen and oxygen atoms in total. The normalized spacial score (nSPS) is 23.9. The van der Waals surface area contributed by atoms with E-state index in [9.17, 15) is 18.8 Å². The number of hydrogen-bond donors (Lipinski definition) is 2. The molecule has 1 heterocycles. The van der Waals surface area contributed by atoms with Crippen LogP contribution in [0.1, 0.15) is 80.4 Å². The largest absolute Gasteiger partial charge is 0.481 e. The van der Waals surface area contributed by atoms with Crippen LogP contribution in [0.15, 0.2) is 47.5 Å². The molecule has 38 heavy (non-hydrogen) atoms. The number of benzene rings is 2. The average molecular weight is 542 g/mol. The van der Waals surface area contributed by atoms with E-state index in [0.717, 1.165) is 24.8 Å². The van der Waals surface area contributed by atoms with Crippen molar-refractivity contribution in [2.75, 3.05) is 6.54 Å². The van der Waals surface area contributed by atoms with Crippen LogP contribution in [0.4, 0.5) is 4.39 Å². The zero-order valence-electron chi connectivity index (χ0n) is 21.8. The lowest BCUT2D eigenvalue weighted by Gasteiger charge is -2.47. The number of halogens is 2. The summed E-state index contributed by atoms with van der Waals surface area (Å²) >= 11 is 6.06. The minimum atomic E-state index is -0.980. The lowest BCUT2D eigenvalue weighted by atomic mass is 9.75. The van der Waals surface area contributed by atoms with Crippen LogP contribution in [0.2, 0.25) is 5.02 Å². The predicted octanol–water partition coefficient (Wildman–Crippen LogP) is 5.62. The molecule has 4 rings (SSSR count). The third kappa shape index (κ3) is 5.60. The predicted molar refractivity (Wildman–Crippen MR) is 144 cm³/mol. The van der Waals surface area contributed by atoms with E-state index >= 15 is 0 Å². The van der Waals surface area contributed by atoms with Gasteiger partial charge < -0.3 is 15.3 Å². The third-order valence-electron chi connectivity index (χ3n) is 7.42. The number of carbonyl (C=O) groups excluding carboxylic acids is 2. The Labute approximate surface area is 227 Å². The highest BCUT2D eigenvalue weighted by molar-refractivity contribution is 6.47. The van der Waals surface area contributed by atoms with Gasteiger partial charge in [0, 0.05) is 17.7 Å². The minimum Gasteiger partial charge on any atom is -0.481 e. The number of nitrogens with zero attached hydrogens (tertiary/aromatic N) is 2. The Hall–Kier alpha value is -3.26. The molecule has 1 aliphatic carbocycles. The number of aliphatic imine (C=N–C) groups is 1. The number of carboxylic acid groups (broad SMARTS) is 1. The van der Waals surface area contributed by atoms with Crippen molar-refractivity contribution < 1.29 is 23.9 Å². The highest BCUT2D eigenvalue weighted by atomic mass is 35.5. The summed E-state index contributed by atoms with van der Waals surface area (Å²) in [5.41, 5.74) is 1.35. The molecule has 2 aliphatic rings. The van der Waals surface area contributed by atoms with Crippen molar-refractivity contribution in [3.63, 3.8) is 0 Å². The van der Waals surface area contributed by atoms with Gasteiger partial charge in [-0.05, 0) is 73.4 Å². The Morgan fingerprint density at radius 2 is 1.84 bits per heavy atom. The van der Waals surface area contributed by atoms with Crippen molar-refractivity contribution in [2.24, 2.45) is 16.8 Å². The van der Waals surface area contributed by atoms with Crippen LogP contribution in [0.5, 0.6) is 0 Å². The fourth-order valence-electron chi connectivity index (χ4n) is 6.03. The SMILES string of the molecule is CC[C@H](c1ccc(C(=O)NCCC(=O)O)cc1)N1C(=O)C(c2ccc(F)c(Cl)c2)=NC12CC(C)CC(C)C2. The molecule has 0 bridgehead atoms. The molecular formula is C29H33ClFN3O4. The highest BCUT2D eigenvalue weighted by Gasteiger charge is 2.53. The summed E-state index contributed by atoms with van der Waals surface area (Å²) in [7, 11) is 0. The summed E-state index contributed by atoms with van der Waals surface area (Å²) < 4.78 is 13.9.